The van der Waals surface area contributed by atoms with Crippen LogP contribution in [0.25, 0.3) is 0 Å². The zero-order valence-corrected chi connectivity index (χ0v) is 14.1. The molecule has 7 nitrogen and oxygen atoms in total. The zero-order chi connectivity index (χ0) is 16.2. The van der Waals surface area contributed by atoms with E-state index in [1.807, 2.05) is 18.5 Å². The number of anilines is 2. The Kier molecular flexibility index (Phi) is 5.52. The number of quaternary nitrogens is 1. The van der Waals surface area contributed by atoms with Gasteiger partial charge in [-0.2, -0.15) is 0 Å². The third-order valence-corrected chi connectivity index (χ3v) is 4.59. The van der Waals surface area contributed by atoms with Crippen molar-refractivity contribution in [3.8, 4) is 0 Å². The fourth-order valence-corrected chi connectivity index (χ4v) is 3.11. The van der Waals surface area contributed by atoms with Crippen molar-refractivity contribution in [1.29, 1.82) is 0 Å². The van der Waals surface area contributed by atoms with E-state index in [2.05, 4.69) is 12.4 Å². The van der Waals surface area contributed by atoms with Crippen LogP contribution >= 0.6 is 0 Å². The lowest BCUT2D eigenvalue weighted by atomic mass is 10.3. The molecule has 0 amide bonds. The largest absolute Gasteiger partial charge is 0.391 e. The number of nitrogens with zero attached hydrogens (tertiary/aromatic N) is 3. The number of hydrogen-bond acceptors (Lipinski definition) is 4. The molecule has 0 bridgehead atoms. The van der Waals surface area contributed by atoms with E-state index in [4.69, 9.17) is 10.5 Å². The molecule has 126 valence electrons. The molecule has 0 saturated carbocycles. The van der Waals surface area contributed by atoms with E-state index in [0.717, 1.165) is 62.7 Å². The van der Waals surface area contributed by atoms with Gasteiger partial charge in [0.05, 0.1) is 26.8 Å². The normalized spacial score (nSPS) is 17.6. The lowest BCUT2D eigenvalue weighted by Gasteiger charge is -2.37. The van der Waals surface area contributed by atoms with Gasteiger partial charge >= 0.3 is 0 Å². The van der Waals surface area contributed by atoms with Crippen molar-refractivity contribution in [1.82, 2.24) is 9.36 Å². The molecule has 0 spiro atoms. The molecule has 0 unspecified atom stereocenters. The van der Waals surface area contributed by atoms with Gasteiger partial charge in [-0.05, 0) is 13.8 Å². The average molecular weight is 312 g/mol. The summed E-state index contributed by atoms with van der Waals surface area (Å²) in [6.07, 6.45) is 1.05. The van der Waals surface area contributed by atoms with E-state index < -0.39 is 0 Å². The number of ether oxygens (including phenoxy) is 1. The zero-order valence-electron chi connectivity index (χ0n) is 14.1. The molecule has 1 aromatic rings. The minimum Gasteiger partial charge on any atom is -0.391 e. The summed E-state index contributed by atoms with van der Waals surface area (Å²) in [6, 6.07) is 0. The fraction of sp³-hybridized carbons (Fsp3) is 0.800. The predicted molar refractivity (Wildman–Crippen MR) is 89.2 cm³/mol. The Hall–Kier alpha value is -1.47. The molecule has 2 heterocycles. The maximum atomic E-state index is 12.1. The second kappa shape index (κ2) is 7.19. The lowest BCUT2D eigenvalue weighted by Crippen LogP contribution is -2.52. The summed E-state index contributed by atoms with van der Waals surface area (Å²) in [5, 5.41) is 3.36. The highest BCUT2D eigenvalue weighted by atomic mass is 16.5. The van der Waals surface area contributed by atoms with Gasteiger partial charge in [-0.1, -0.05) is 0 Å². The van der Waals surface area contributed by atoms with E-state index in [9.17, 15) is 4.79 Å². The molecular formula is C15H30N5O2+. The van der Waals surface area contributed by atoms with Gasteiger partial charge in [0.25, 0.3) is 5.56 Å². The quantitative estimate of drug-likeness (QED) is 0.570. The second-order valence-corrected chi connectivity index (χ2v) is 6.18. The Bertz CT molecular complexity index is 543. The number of nitrogens with one attached hydrogen (secondary N) is 1. The highest BCUT2D eigenvalue weighted by Gasteiger charge is 2.24. The first-order valence-corrected chi connectivity index (χ1v) is 8.26. The van der Waals surface area contributed by atoms with Crippen molar-refractivity contribution in [2.45, 2.75) is 33.4 Å². The van der Waals surface area contributed by atoms with Crippen LogP contribution in [0, 0.1) is 0 Å². The first-order valence-electron chi connectivity index (χ1n) is 8.26. The highest BCUT2D eigenvalue weighted by Crippen LogP contribution is 2.16. The second-order valence-electron chi connectivity index (χ2n) is 6.18. The molecule has 0 atom stereocenters. The number of hydrogen-bond donors (Lipinski definition) is 2. The topological polar surface area (TPSA) is 74.2 Å². The van der Waals surface area contributed by atoms with Gasteiger partial charge in [-0.3, -0.25) is 9.48 Å². The summed E-state index contributed by atoms with van der Waals surface area (Å²) < 4.78 is 10.1. The first-order chi connectivity index (χ1) is 10.5. The number of rotatable bonds is 7. The van der Waals surface area contributed by atoms with E-state index in [1.54, 1.807) is 4.68 Å². The van der Waals surface area contributed by atoms with Gasteiger partial charge in [-0.25, -0.2) is 4.68 Å². The Morgan fingerprint density at radius 2 is 1.86 bits per heavy atom. The smallest absolute Gasteiger partial charge is 0.292 e. The van der Waals surface area contributed by atoms with Crippen LogP contribution in [-0.4, -0.2) is 60.3 Å². The molecule has 1 fully saturated rings. The molecule has 0 radical (unpaired) electrons. The van der Waals surface area contributed by atoms with Crippen LogP contribution in [0.1, 0.15) is 20.3 Å². The summed E-state index contributed by atoms with van der Waals surface area (Å²) in [7, 11) is 2.28. The fourth-order valence-electron chi connectivity index (χ4n) is 3.11. The Morgan fingerprint density at radius 3 is 2.45 bits per heavy atom. The lowest BCUT2D eigenvalue weighted by molar-refractivity contribution is -0.916. The van der Waals surface area contributed by atoms with Crippen molar-refractivity contribution < 1.29 is 9.22 Å². The number of likely N-dealkylation sites (N-methyl/N-ethyl adjacent to an activating group) is 1. The van der Waals surface area contributed by atoms with Crippen LogP contribution in [0.5, 0.6) is 0 Å². The maximum absolute atomic E-state index is 12.1. The van der Waals surface area contributed by atoms with Crippen molar-refractivity contribution in [3.05, 3.63) is 10.4 Å². The molecule has 0 aromatic carbocycles. The van der Waals surface area contributed by atoms with Crippen LogP contribution in [-0.2, 0) is 17.8 Å². The number of morpholine rings is 1. The third kappa shape index (κ3) is 3.47. The SMILES string of the molecule is CCn1c(NCCC[N+]2(C)CCOCC2)c(N)c(=O)n1CC. The van der Waals surface area contributed by atoms with Crippen LogP contribution in [0.4, 0.5) is 11.5 Å². The van der Waals surface area contributed by atoms with Gasteiger partial charge in [0.2, 0.25) is 0 Å². The molecular weight excluding hydrogens is 282 g/mol. The van der Waals surface area contributed by atoms with Gasteiger partial charge in [-0.15, -0.1) is 0 Å². The summed E-state index contributed by atoms with van der Waals surface area (Å²) >= 11 is 0. The summed E-state index contributed by atoms with van der Waals surface area (Å²) in [5.41, 5.74) is 6.20. The summed E-state index contributed by atoms with van der Waals surface area (Å²) in [5.74, 6) is 0.763. The Labute approximate surface area is 132 Å². The molecule has 2 rings (SSSR count). The minimum absolute atomic E-state index is 0.0981. The minimum atomic E-state index is -0.0981. The van der Waals surface area contributed by atoms with Gasteiger partial charge in [0, 0.05) is 26.1 Å². The van der Waals surface area contributed by atoms with Gasteiger partial charge < -0.3 is 20.3 Å². The molecule has 7 heteroatoms. The van der Waals surface area contributed by atoms with Gasteiger partial charge in [0.1, 0.15) is 24.6 Å². The van der Waals surface area contributed by atoms with E-state index in [0.29, 0.717) is 12.2 Å². The number of nitrogen functional groups attached to an aromatic ring is 1. The molecule has 22 heavy (non-hydrogen) atoms. The number of nitrogens with two attached hydrogens (primary N) is 1. The van der Waals surface area contributed by atoms with E-state index >= 15 is 0 Å². The molecule has 0 aliphatic carbocycles. The van der Waals surface area contributed by atoms with E-state index in [-0.39, 0.29) is 5.56 Å². The van der Waals surface area contributed by atoms with Crippen LogP contribution in [0.15, 0.2) is 4.79 Å². The van der Waals surface area contributed by atoms with Gasteiger partial charge in [0.15, 0.2) is 0 Å². The van der Waals surface area contributed by atoms with Crippen molar-refractivity contribution >= 4 is 11.5 Å². The monoisotopic (exact) mass is 312 g/mol. The summed E-state index contributed by atoms with van der Waals surface area (Å²) in [6.45, 7) is 11.1. The highest BCUT2D eigenvalue weighted by molar-refractivity contribution is 5.60. The van der Waals surface area contributed by atoms with Crippen LogP contribution in [0.3, 0.4) is 0 Å². The summed E-state index contributed by atoms with van der Waals surface area (Å²) in [4.78, 5) is 12.1. The van der Waals surface area contributed by atoms with Crippen LogP contribution < -0.4 is 16.6 Å². The van der Waals surface area contributed by atoms with Crippen molar-refractivity contribution in [2.24, 2.45) is 0 Å². The molecule has 1 saturated heterocycles. The third-order valence-electron chi connectivity index (χ3n) is 4.59. The van der Waals surface area contributed by atoms with Crippen molar-refractivity contribution in [3.63, 3.8) is 0 Å². The maximum Gasteiger partial charge on any atom is 0.292 e. The predicted octanol–water partition coefficient (Wildman–Crippen LogP) is 0.551. The van der Waals surface area contributed by atoms with Crippen molar-refractivity contribution in [2.75, 3.05) is 57.5 Å². The Balaban J connectivity index is 1.93. The standard InChI is InChI=1S/C15H29N5O2/c1-4-18-14(13(16)15(21)19(18)5-2)17-7-6-8-20(3)9-11-22-12-10-20/h4-12,16H2,1-3H3/p+1. The molecule has 1 aromatic heterocycles. The van der Waals surface area contributed by atoms with Crippen LogP contribution in [0.2, 0.25) is 0 Å². The molecule has 1 aliphatic rings. The first kappa shape index (κ1) is 16.9. The van der Waals surface area contributed by atoms with E-state index in [1.165, 1.54) is 0 Å². The number of aromatic nitrogens is 2. The molecule has 1 aliphatic heterocycles. The average Bonchev–Trinajstić information content (AvgIpc) is 2.75. The Morgan fingerprint density at radius 1 is 1.23 bits per heavy atom. The molecule has 3 N–H and O–H groups in total.